The Hall–Kier alpha value is -3.89. The molecule has 0 spiro atoms. The summed E-state index contributed by atoms with van der Waals surface area (Å²) in [6, 6.07) is 9.36. The number of allylic oxidation sites excluding steroid dienone is 1. The molecule has 0 saturated heterocycles. The summed E-state index contributed by atoms with van der Waals surface area (Å²) in [6.45, 7) is 5.80. The average Bonchev–Trinajstić information content (AvgIpc) is 3.37. The van der Waals surface area contributed by atoms with Gasteiger partial charge >= 0.3 is 5.97 Å². The van der Waals surface area contributed by atoms with Crippen LogP contribution in [0.5, 0.6) is 11.5 Å². The molecule has 0 fully saturated rings. The molecule has 5 rings (SSSR count). The van der Waals surface area contributed by atoms with Crippen molar-refractivity contribution in [3.05, 3.63) is 83.5 Å². The number of methoxy groups -OCH3 is 1. The lowest BCUT2D eigenvalue weighted by atomic mass is 9.95. The quantitative estimate of drug-likeness (QED) is 0.470. The molecule has 3 heterocycles. The van der Waals surface area contributed by atoms with Gasteiger partial charge in [-0.3, -0.25) is 14.2 Å². The molecule has 9 nitrogen and oxygen atoms in total. The number of ether oxygens (including phenoxy) is 3. The number of amides is 1. The predicted molar refractivity (Wildman–Crippen MR) is 144 cm³/mol. The summed E-state index contributed by atoms with van der Waals surface area (Å²) in [7, 11) is 1.53. The van der Waals surface area contributed by atoms with Gasteiger partial charge < -0.3 is 19.5 Å². The number of hydrogen-bond acceptors (Lipinski definition) is 8. The molecular formula is C27H24ClN3O6S. The minimum absolute atomic E-state index is 0.154. The van der Waals surface area contributed by atoms with Crippen LogP contribution in [-0.4, -0.2) is 36.8 Å². The Morgan fingerprint density at radius 2 is 1.92 bits per heavy atom. The van der Waals surface area contributed by atoms with Crippen molar-refractivity contribution in [2.75, 3.05) is 25.6 Å². The fourth-order valence-electron chi connectivity index (χ4n) is 4.65. The molecule has 2 aromatic carbocycles. The number of nitrogens with one attached hydrogen (secondary N) is 1. The molecule has 1 amide bonds. The van der Waals surface area contributed by atoms with Crippen molar-refractivity contribution in [1.29, 1.82) is 0 Å². The van der Waals surface area contributed by atoms with Gasteiger partial charge in [-0.05, 0) is 56.7 Å². The van der Waals surface area contributed by atoms with E-state index in [2.05, 4.69) is 10.3 Å². The molecule has 1 N–H and O–H groups in total. The van der Waals surface area contributed by atoms with Crippen molar-refractivity contribution in [2.24, 2.45) is 4.99 Å². The van der Waals surface area contributed by atoms with Gasteiger partial charge in [0.05, 0.1) is 43.2 Å². The van der Waals surface area contributed by atoms with E-state index in [1.165, 1.54) is 11.7 Å². The third-order valence-electron chi connectivity index (χ3n) is 6.25. The molecule has 11 heteroatoms. The Morgan fingerprint density at radius 1 is 1.13 bits per heavy atom. The van der Waals surface area contributed by atoms with E-state index in [0.717, 1.165) is 11.3 Å². The molecule has 0 unspecified atom stereocenters. The van der Waals surface area contributed by atoms with Crippen LogP contribution in [0, 0.1) is 0 Å². The van der Waals surface area contributed by atoms with Crippen LogP contribution in [0.3, 0.4) is 0 Å². The molecule has 3 aromatic rings. The number of halogens is 1. The van der Waals surface area contributed by atoms with Crippen molar-refractivity contribution < 1.29 is 23.8 Å². The van der Waals surface area contributed by atoms with E-state index in [1.807, 2.05) is 6.92 Å². The Labute approximate surface area is 226 Å². The van der Waals surface area contributed by atoms with Gasteiger partial charge in [0.2, 0.25) is 0 Å². The van der Waals surface area contributed by atoms with Crippen molar-refractivity contribution in [3.8, 4) is 11.5 Å². The van der Waals surface area contributed by atoms with Gasteiger partial charge in [-0.2, -0.15) is 0 Å². The van der Waals surface area contributed by atoms with Crippen LogP contribution in [0.2, 0.25) is 5.02 Å². The minimum Gasteiger partial charge on any atom is -0.493 e. The zero-order chi connectivity index (χ0) is 27.1. The van der Waals surface area contributed by atoms with Gasteiger partial charge in [-0.15, -0.1) is 0 Å². The van der Waals surface area contributed by atoms with E-state index in [1.54, 1.807) is 50.2 Å². The molecule has 1 aromatic heterocycles. The van der Waals surface area contributed by atoms with E-state index in [0.29, 0.717) is 50.4 Å². The summed E-state index contributed by atoms with van der Waals surface area (Å²) in [5, 5.41) is 3.22. The largest absolute Gasteiger partial charge is 0.493 e. The van der Waals surface area contributed by atoms with Crippen LogP contribution >= 0.6 is 22.9 Å². The average molecular weight is 554 g/mol. The number of hydrogen-bond donors (Lipinski definition) is 1. The molecule has 0 aliphatic carbocycles. The van der Waals surface area contributed by atoms with Crippen molar-refractivity contribution in [1.82, 2.24) is 4.57 Å². The summed E-state index contributed by atoms with van der Waals surface area (Å²) in [4.78, 5) is 45.1. The first-order valence-electron chi connectivity index (χ1n) is 11.9. The van der Waals surface area contributed by atoms with Crippen LogP contribution in [-0.2, 0) is 14.3 Å². The maximum absolute atomic E-state index is 14.0. The second-order valence-corrected chi connectivity index (χ2v) is 9.90. The standard InChI is InChI=1S/C27H24ClN3O6S/c1-5-36-19-11-14(7-10-18(19)35-4)22-20(26(34)37-6-2)13(3)29-27-31(22)25(33)23(38-27)21-16-12-15(28)8-9-17(16)30-24(21)32/h7-12,22H,5-6H2,1-4H3,(H,30,32)/b23-21-/t22-/m1/s1. The lowest BCUT2D eigenvalue weighted by Gasteiger charge is -2.25. The highest BCUT2D eigenvalue weighted by molar-refractivity contribution is 7.07. The first-order chi connectivity index (χ1) is 18.3. The first kappa shape index (κ1) is 25.7. The normalized spacial score (nSPS) is 17.4. The maximum Gasteiger partial charge on any atom is 0.338 e. The number of thiazole rings is 1. The topological polar surface area (TPSA) is 108 Å². The highest BCUT2D eigenvalue weighted by Gasteiger charge is 2.35. The van der Waals surface area contributed by atoms with Crippen molar-refractivity contribution >= 4 is 46.1 Å². The van der Waals surface area contributed by atoms with Crippen LogP contribution < -0.4 is 29.7 Å². The molecule has 0 bridgehead atoms. The number of carbonyl (C=O) groups is 2. The SMILES string of the molecule is CCOC(=O)C1=C(C)N=c2s/c(=C3\C(=O)Nc4ccc(Cl)cc43)c(=O)n2[C@@H]1c1ccc(OC)c(OCC)c1. The Morgan fingerprint density at radius 3 is 2.63 bits per heavy atom. The molecule has 2 aliphatic rings. The molecule has 0 saturated carbocycles. The van der Waals surface area contributed by atoms with Gasteiger partial charge in [0.25, 0.3) is 11.5 Å². The van der Waals surface area contributed by atoms with Crippen molar-refractivity contribution in [2.45, 2.75) is 26.8 Å². The van der Waals surface area contributed by atoms with Crippen LogP contribution in [0.4, 0.5) is 5.69 Å². The Bertz CT molecular complexity index is 1700. The van der Waals surface area contributed by atoms with Gasteiger partial charge in [0.15, 0.2) is 16.3 Å². The second kappa shape index (κ2) is 10.1. The van der Waals surface area contributed by atoms with Crippen LogP contribution in [0.15, 0.2) is 57.5 Å². The maximum atomic E-state index is 14.0. The van der Waals surface area contributed by atoms with Crippen LogP contribution in [0.25, 0.3) is 5.57 Å². The monoisotopic (exact) mass is 553 g/mol. The summed E-state index contributed by atoms with van der Waals surface area (Å²) in [6.07, 6.45) is 0. The lowest BCUT2D eigenvalue weighted by Crippen LogP contribution is -2.40. The Balaban J connectivity index is 1.81. The second-order valence-electron chi connectivity index (χ2n) is 8.49. The van der Waals surface area contributed by atoms with Crippen LogP contribution in [0.1, 0.15) is 37.9 Å². The van der Waals surface area contributed by atoms with Gasteiger partial charge in [0.1, 0.15) is 4.53 Å². The number of esters is 1. The fourth-order valence-corrected chi connectivity index (χ4v) is 5.97. The van der Waals surface area contributed by atoms with E-state index < -0.39 is 23.5 Å². The Kier molecular flexibility index (Phi) is 6.85. The van der Waals surface area contributed by atoms with E-state index >= 15 is 0 Å². The van der Waals surface area contributed by atoms with Gasteiger partial charge in [-0.25, -0.2) is 9.79 Å². The summed E-state index contributed by atoms with van der Waals surface area (Å²) < 4.78 is 18.2. The number of carbonyl (C=O) groups excluding carboxylic acids is 2. The number of nitrogens with zero attached hydrogens (tertiary/aromatic N) is 2. The smallest absolute Gasteiger partial charge is 0.338 e. The predicted octanol–water partition coefficient (Wildman–Crippen LogP) is 3.18. The summed E-state index contributed by atoms with van der Waals surface area (Å²) in [5.74, 6) is -0.0107. The molecule has 0 radical (unpaired) electrons. The minimum atomic E-state index is -0.868. The molecule has 196 valence electrons. The highest BCUT2D eigenvalue weighted by Crippen LogP contribution is 2.37. The number of aromatic nitrogens is 1. The van der Waals surface area contributed by atoms with E-state index in [4.69, 9.17) is 25.8 Å². The van der Waals surface area contributed by atoms with Gasteiger partial charge in [-0.1, -0.05) is 29.0 Å². The lowest BCUT2D eigenvalue weighted by molar-refractivity contribution is -0.139. The highest BCUT2D eigenvalue weighted by atomic mass is 35.5. The molecule has 1 atom stereocenters. The fraction of sp³-hybridized carbons (Fsp3) is 0.259. The number of rotatable bonds is 6. The number of fused-ring (bicyclic) bond motifs is 2. The van der Waals surface area contributed by atoms with Gasteiger partial charge in [0, 0.05) is 16.3 Å². The first-order valence-corrected chi connectivity index (χ1v) is 13.1. The van der Waals surface area contributed by atoms with E-state index in [9.17, 15) is 14.4 Å². The third kappa shape index (κ3) is 4.19. The summed E-state index contributed by atoms with van der Waals surface area (Å²) >= 11 is 7.29. The van der Waals surface area contributed by atoms with Crippen molar-refractivity contribution in [3.63, 3.8) is 0 Å². The number of benzene rings is 2. The zero-order valence-corrected chi connectivity index (χ0v) is 22.7. The zero-order valence-electron chi connectivity index (χ0n) is 21.1. The molecule has 38 heavy (non-hydrogen) atoms. The molecular weight excluding hydrogens is 530 g/mol. The van der Waals surface area contributed by atoms with E-state index in [-0.39, 0.29) is 22.3 Å². The summed E-state index contributed by atoms with van der Waals surface area (Å²) in [5.41, 5.74) is 2.10. The third-order valence-corrected chi connectivity index (χ3v) is 7.54. The molecule has 2 aliphatic heterocycles. The number of anilines is 1.